The first-order valence-electron chi connectivity index (χ1n) is 10.5. The predicted molar refractivity (Wildman–Crippen MR) is 125 cm³/mol. The summed E-state index contributed by atoms with van der Waals surface area (Å²) in [5.74, 6) is 0.787. The van der Waals surface area contributed by atoms with Crippen molar-refractivity contribution in [3.63, 3.8) is 0 Å². The third kappa shape index (κ3) is 5.74. The molecule has 3 rings (SSSR count). The van der Waals surface area contributed by atoms with Crippen LogP contribution in [0.1, 0.15) is 50.8 Å². The number of ether oxygens (including phenoxy) is 1. The summed E-state index contributed by atoms with van der Waals surface area (Å²) in [6.45, 7) is 8.18. The average Bonchev–Trinajstić information content (AvgIpc) is 3.44. The van der Waals surface area contributed by atoms with Gasteiger partial charge in [-0.05, 0) is 70.4 Å². The summed E-state index contributed by atoms with van der Waals surface area (Å²) < 4.78 is 47.6. The highest BCUT2D eigenvalue weighted by molar-refractivity contribution is 7.89. The van der Waals surface area contributed by atoms with Gasteiger partial charge in [0.1, 0.15) is 16.7 Å². The molecule has 1 heterocycles. The molecule has 2 unspecified atom stereocenters. The molecular weight excluding hydrogens is 432 g/mol. The molecular formula is C23H32N2O4S2. The van der Waals surface area contributed by atoms with Crippen molar-refractivity contribution < 1.29 is 17.4 Å². The molecule has 0 amide bonds. The van der Waals surface area contributed by atoms with E-state index < -0.39 is 21.0 Å². The Morgan fingerprint density at radius 3 is 2.23 bits per heavy atom. The summed E-state index contributed by atoms with van der Waals surface area (Å²) >= 11 is 0. The van der Waals surface area contributed by atoms with Crippen LogP contribution < -0.4 is 9.46 Å². The van der Waals surface area contributed by atoms with Crippen molar-refractivity contribution in [2.75, 3.05) is 13.7 Å². The van der Waals surface area contributed by atoms with Gasteiger partial charge in [0.05, 0.1) is 22.8 Å². The first-order valence-corrected chi connectivity index (χ1v) is 13.0. The molecule has 1 saturated heterocycles. The predicted octanol–water partition coefficient (Wildman–Crippen LogP) is 3.95. The minimum atomic E-state index is -3.52. The highest BCUT2D eigenvalue weighted by Gasteiger charge is 2.53. The van der Waals surface area contributed by atoms with Gasteiger partial charge in [-0.15, -0.1) is 0 Å². The van der Waals surface area contributed by atoms with Crippen LogP contribution in [0.5, 0.6) is 5.75 Å². The number of aryl methyl sites for hydroxylation is 1. The van der Waals surface area contributed by atoms with Gasteiger partial charge < -0.3 is 4.74 Å². The minimum absolute atomic E-state index is 0.0691. The van der Waals surface area contributed by atoms with Gasteiger partial charge in [0.15, 0.2) is 0 Å². The smallest absolute Gasteiger partial charge is 0.240 e. The zero-order valence-corrected chi connectivity index (χ0v) is 20.4. The van der Waals surface area contributed by atoms with Gasteiger partial charge in [-0.25, -0.2) is 21.7 Å². The summed E-state index contributed by atoms with van der Waals surface area (Å²) in [5.41, 5.74) is 2.12. The van der Waals surface area contributed by atoms with E-state index in [1.165, 1.54) is 0 Å². The summed E-state index contributed by atoms with van der Waals surface area (Å²) in [4.78, 5) is 0.274. The second kappa shape index (κ2) is 9.40. The number of nitrogens with zero attached hydrogens (tertiary/aromatic N) is 1. The lowest BCUT2D eigenvalue weighted by Gasteiger charge is -2.19. The Labute approximate surface area is 188 Å². The number of rotatable bonds is 9. The Bertz CT molecular complexity index is 1010. The van der Waals surface area contributed by atoms with Crippen molar-refractivity contribution >= 4 is 21.0 Å². The fraction of sp³-hybridized carbons (Fsp3) is 0.478. The molecule has 0 radical (unpaired) electrons. The van der Waals surface area contributed by atoms with Gasteiger partial charge in [0, 0.05) is 12.6 Å². The second-order valence-electron chi connectivity index (χ2n) is 8.86. The molecule has 8 heteroatoms. The lowest BCUT2D eigenvalue weighted by Crippen LogP contribution is -2.28. The summed E-state index contributed by atoms with van der Waals surface area (Å²) in [7, 11) is -3.02. The van der Waals surface area contributed by atoms with Crippen LogP contribution in [0.2, 0.25) is 0 Å². The van der Waals surface area contributed by atoms with E-state index in [0.29, 0.717) is 13.0 Å². The van der Waals surface area contributed by atoms with Crippen molar-refractivity contribution in [1.82, 2.24) is 9.03 Å². The number of methoxy groups -OCH3 is 1. The monoisotopic (exact) mass is 464 g/mol. The first kappa shape index (κ1) is 23.9. The molecule has 1 N–H and O–H groups in total. The maximum Gasteiger partial charge on any atom is 0.240 e. The van der Waals surface area contributed by atoms with Gasteiger partial charge in [-0.2, -0.15) is 0 Å². The first-order chi connectivity index (χ1) is 14.5. The van der Waals surface area contributed by atoms with Gasteiger partial charge in [-0.1, -0.05) is 29.8 Å². The molecule has 0 aliphatic carbocycles. The highest BCUT2D eigenvalue weighted by Crippen LogP contribution is 2.49. The molecule has 6 nitrogen and oxygen atoms in total. The SMILES string of the molecule is COc1ccc([C@@H]2[C@H](CCCNS(=O)(=O)c3ccc(C)cc3)N2S(=O)C(C)(C)C)cc1. The minimum Gasteiger partial charge on any atom is -0.497 e. The third-order valence-corrected chi connectivity index (χ3v) is 8.75. The van der Waals surface area contributed by atoms with Crippen LogP contribution in [0.15, 0.2) is 53.4 Å². The van der Waals surface area contributed by atoms with Crippen molar-refractivity contribution in [2.24, 2.45) is 0 Å². The lowest BCUT2D eigenvalue weighted by molar-refractivity contribution is 0.414. The number of hydrogen-bond donors (Lipinski definition) is 1. The van der Waals surface area contributed by atoms with Crippen LogP contribution in [0.25, 0.3) is 0 Å². The molecule has 0 bridgehead atoms. The second-order valence-corrected chi connectivity index (χ2v) is 12.8. The Morgan fingerprint density at radius 1 is 1.06 bits per heavy atom. The molecule has 0 saturated carbocycles. The number of benzene rings is 2. The molecule has 1 aliphatic rings. The topological polar surface area (TPSA) is 75.5 Å². The number of sulfonamides is 1. The van der Waals surface area contributed by atoms with E-state index in [2.05, 4.69) is 4.72 Å². The van der Waals surface area contributed by atoms with Crippen LogP contribution in [0.3, 0.4) is 0 Å². The van der Waals surface area contributed by atoms with E-state index in [4.69, 9.17) is 4.74 Å². The van der Waals surface area contributed by atoms with Crippen LogP contribution in [0, 0.1) is 6.92 Å². The third-order valence-electron chi connectivity index (χ3n) is 5.35. The van der Waals surface area contributed by atoms with E-state index in [1.807, 2.05) is 56.3 Å². The lowest BCUT2D eigenvalue weighted by atomic mass is 10.1. The fourth-order valence-corrected chi connectivity index (χ4v) is 6.16. The van der Waals surface area contributed by atoms with Crippen molar-refractivity contribution in [2.45, 2.75) is 62.3 Å². The molecule has 4 atom stereocenters. The summed E-state index contributed by atoms with van der Waals surface area (Å²) in [6, 6.07) is 14.9. The molecule has 31 heavy (non-hydrogen) atoms. The van der Waals surface area contributed by atoms with Gasteiger partial charge in [0.2, 0.25) is 10.0 Å². The van der Waals surface area contributed by atoms with Crippen molar-refractivity contribution in [3.05, 3.63) is 59.7 Å². The molecule has 1 aliphatic heterocycles. The molecule has 0 spiro atoms. The van der Waals surface area contributed by atoms with Crippen molar-refractivity contribution in [1.29, 1.82) is 0 Å². The van der Waals surface area contributed by atoms with Crippen LogP contribution in [0.4, 0.5) is 0 Å². The summed E-state index contributed by atoms with van der Waals surface area (Å²) in [5, 5.41) is 0. The van der Waals surface area contributed by atoms with Gasteiger partial charge in [0.25, 0.3) is 0 Å². The van der Waals surface area contributed by atoms with Crippen LogP contribution >= 0.6 is 0 Å². The molecule has 2 aromatic carbocycles. The van der Waals surface area contributed by atoms with E-state index in [-0.39, 0.29) is 21.7 Å². The Kier molecular flexibility index (Phi) is 7.25. The van der Waals surface area contributed by atoms with Crippen LogP contribution in [-0.2, 0) is 21.0 Å². The molecule has 0 aromatic heterocycles. The zero-order valence-electron chi connectivity index (χ0n) is 18.8. The normalized spacial score (nSPS) is 22.2. The van der Waals surface area contributed by atoms with E-state index in [0.717, 1.165) is 23.3 Å². The fourth-order valence-electron chi connectivity index (χ4n) is 3.57. The van der Waals surface area contributed by atoms with Gasteiger partial charge in [-0.3, -0.25) is 0 Å². The Morgan fingerprint density at radius 2 is 1.68 bits per heavy atom. The maximum atomic E-state index is 13.0. The molecule has 170 valence electrons. The number of nitrogens with one attached hydrogen (secondary N) is 1. The average molecular weight is 465 g/mol. The van der Waals surface area contributed by atoms with E-state index in [1.54, 1.807) is 31.4 Å². The maximum absolute atomic E-state index is 13.0. The van der Waals surface area contributed by atoms with Crippen LogP contribution in [-0.4, -0.2) is 41.4 Å². The Balaban J connectivity index is 1.62. The zero-order chi connectivity index (χ0) is 22.8. The largest absolute Gasteiger partial charge is 0.497 e. The molecule has 1 fully saturated rings. The van der Waals surface area contributed by atoms with E-state index >= 15 is 0 Å². The standard InChI is InChI=1S/C23H32N2O4S2/c1-17-8-14-20(15-9-17)31(27,28)24-16-6-7-21-22(25(21)30(26)23(2,3)4)18-10-12-19(29-5)13-11-18/h8-15,21-22,24H,6-7,16H2,1-5H3/t21-,22+,25?,30?/m0/s1. The number of hydrogen-bond acceptors (Lipinski definition) is 4. The van der Waals surface area contributed by atoms with E-state index in [9.17, 15) is 12.6 Å². The molecule has 2 aromatic rings. The van der Waals surface area contributed by atoms with Crippen molar-refractivity contribution in [3.8, 4) is 5.75 Å². The highest BCUT2D eigenvalue weighted by atomic mass is 32.2. The Hall–Kier alpha value is -1.74. The van der Waals surface area contributed by atoms with Gasteiger partial charge >= 0.3 is 0 Å². The summed E-state index contributed by atoms with van der Waals surface area (Å²) in [6.07, 6.45) is 1.43. The quantitative estimate of drug-likeness (QED) is 0.450.